The SMILES string of the molecule is CN(CC(=O)Nc1cc(N2CCCS2(=O)=O)ccc1O)S(=O)(=O)c1ccc(C#N)cc1. The quantitative estimate of drug-likeness (QED) is 0.607. The molecule has 2 aromatic rings. The molecule has 12 heteroatoms. The third-order valence-corrected chi connectivity index (χ3v) is 8.39. The Bertz CT molecular complexity index is 1250. The number of aromatic hydroxyl groups is 1. The topological polar surface area (TPSA) is 148 Å². The summed E-state index contributed by atoms with van der Waals surface area (Å²) in [4.78, 5) is 12.3. The predicted molar refractivity (Wildman–Crippen MR) is 113 cm³/mol. The molecule has 0 aliphatic carbocycles. The van der Waals surface area contributed by atoms with Crippen LogP contribution in [0, 0.1) is 11.3 Å². The van der Waals surface area contributed by atoms with Gasteiger partial charge in [0.1, 0.15) is 5.75 Å². The van der Waals surface area contributed by atoms with Crippen LogP contribution in [0.5, 0.6) is 5.75 Å². The van der Waals surface area contributed by atoms with E-state index in [1.54, 1.807) is 0 Å². The van der Waals surface area contributed by atoms with Crippen LogP contribution in [0.1, 0.15) is 12.0 Å². The maximum Gasteiger partial charge on any atom is 0.243 e. The van der Waals surface area contributed by atoms with Crippen molar-refractivity contribution in [2.45, 2.75) is 11.3 Å². The zero-order chi connectivity index (χ0) is 22.8. The van der Waals surface area contributed by atoms with Crippen molar-refractivity contribution in [2.75, 3.05) is 35.5 Å². The van der Waals surface area contributed by atoms with Gasteiger partial charge in [-0.3, -0.25) is 9.10 Å². The van der Waals surface area contributed by atoms with Crippen LogP contribution < -0.4 is 9.62 Å². The predicted octanol–water partition coefficient (Wildman–Crippen LogP) is 1.06. The lowest BCUT2D eigenvalue weighted by Gasteiger charge is -2.19. The van der Waals surface area contributed by atoms with E-state index in [2.05, 4.69) is 5.32 Å². The number of phenols is 1. The molecule has 1 fully saturated rings. The number of benzene rings is 2. The number of rotatable bonds is 6. The molecule has 0 unspecified atom stereocenters. The molecule has 3 rings (SSSR count). The van der Waals surface area contributed by atoms with Crippen molar-refractivity contribution in [1.82, 2.24) is 4.31 Å². The highest BCUT2D eigenvalue weighted by Gasteiger charge is 2.29. The van der Waals surface area contributed by atoms with Gasteiger partial charge in [0.15, 0.2) is 0 Å². The summed E-state index contributed by atoms with van der Waals surface area (Å²) in [5.74, 6) is -0.990. The molecule has 10 nitrogen and oxygen atoms in total. The van der Waals surface area contributed by atoms with Gasteiger partial charge in [-0.15, -0.1) is 0 Å². The number of carbonyl (C=O) groups excluding carboxylic acids is 1. The van der Waals surface area contributed by atoms with E-state index in [-0.39, 0.29) is 22.1 Å². The maximum absolute atomic E-state index is 12.6. The minimum Gasteiger partial charge on any atom is -0.506 e. The maximum atomic E-state index is 12.6. The number of amides is 1. The first-order valence-electron chi connectivity index (χ1n) is 9.14. The van der Waals surface area contributed by atoms with Gasteiger partial charge in [0, 0.05) is 13.6 Å². The lowest BCUT2D eigenvalue weighted by atomic mass is 10.2. The monoisotopic (exact) mass is 464 g/mol. The Kier molecular flexibility index (Phi) is 6.21. The van der Waals surface area contributed by atoms with Crippen molar-refractivity contribution in [2.24, 2.45) is 0 Å². The molecule has 1 aliphatic rings. The van der Waals surface area contributed by atoms with Gasteiger partial charge in [0.05, 0.1) is 40.2 Å². The average molecular weight is 465 g/mol. The van der Waals surface area contributed by atoms with Crippen molar-refractivity contribution < 1.29 is 26.7 Å². The first-order chi connectivity index (χ1) is 14.5. The number of likely N-dealkylation sites (N-methyl/N-ethyl adjacent to an activating group) is 1. The third kappa shape index (κ3) is 4.79. The standard InChI is InChI=1S/C19H20N4O6S2/c1-22(31(28,29)16-6-3-14(12-20)4-7-16)13-19(25)21-17-11-15(5-8-18(17)24)23-9-2-10-30(23,26)27/h3-8,11,24H,2,9-10,13H2,1H3,(H,21,25). The second-order valence-electron chi connectivity index (χ2n) is 6.89. The smallest absolute Gasteiger partial charge is 0.243 e. The molecule has 0 atom stereocenters. The van der Waals surface area contributed by atoms with Crippen LogP contribution in [-0.2, 0) is 24.8 Å². The van der Waals surface area contributed by atoms with Crippen LogP contribution in [-0.4, -0.2) is 58.0 Å². The summed E-state index contributed by atoms with van der Waals surface area (Å²) in [6, 6.07) is 11.2. The molecule has 2 N–H and O–H groups in total. The molecule has 0 radical (unpaired) electrons. The third-order valence-electron chi connectivity index (χ3n) is 4.70. The van der Waals surface area contributed by atoms with Crippen molar-refractivity contribution in [3.63, 3.8) is 0 Å². The summed E-state index contributed by atoms with van der Waals surface area (Å²) in [7, 11) is -6.20. The molecular formula is C19H20N4O6S2. The summed E-state index contributed by atoms with van der Waals surface area (Å²) in [6.07, 6.45) is 0.475. The molecule has 1 aliphatic heterocycles. The molecule has 164 valence electrons. The molecule has 31 heavy (non-hydrogen) atoms. The first kappa shape index (κ1) is 22.5. The van der Waals surface area contributed by atoms with E-state index < -0.39 is 32.5 Å². The van der Waals surface area contributed by atoms with Crippen molar-refractivity contribution in [3.05, 3.63) is 48.0 Å². The second kappa shape index (κ2) is 8.54. The summed E-state index contributed by atoms with van der Waals surface area (Å²) < 4.78 is 51.5. The largest absolute Gasteiger partial charge is 0.506 e. The fourth-order valence-corrected chi connectivity index (χ4v) is 5.75. The highest BCUT2D eigenvalue weighted by molar-refractivity contribution is 7.93. The number of nitrogens with one attached hydrogen (secondary N) is 1. The molecule has 0 aromatic heterocycles. The lowest BCUT2D eigenvalue weighted by molar-refractivity contribution is -0.116. The molecule has 0 bridgehead atoms. The Labute approximate surface area is 180 Å². The molecule has 2 aromatic carbocycles. The minimum atomic E-state index is -3.99. The van der Waals surface area contributed by atoms with E-state index in [1.165, 1.54) is 53.8 Å². The molecule has 0 saturated carbocycles. The number of nitrogens with zero attached hydrogens (tertiary/aromatic N) is 3. The molecule has 1 saturated heterocycles. The fraction of sp³-hybridized carbons (Fsp3) is 0.263. The van der Waals surface area contributed by atoms with Crippen molar-refractivity contribution >= 4 is 37.3 Å². The van der Waals surface area contributed by atoms with Gasteiger partial charge >= 0.3 is 0 Å². The number of sulfonamides is 2. The van der Waals surface area contributed by atoms with E-state index >= 15 is 0 Å². The Morgan fingerprint density at radius 3 is 2.52 bits per heavy atom. The van der Waals surface area contributed by atoms with Crippen LogP contribution in [0.25, 0.3) is 0 Å². The van der Waals surface area contributed by atoms with Gasteiger partial charge in [-0.2, -0.15) is 9.57 Å². The van der Waals surface area contributed by atoms with Crippen LogP contribution in [0.4, 0.5) is 11.4 Å². The van der Waals surface area contributed by atoms with E-state index in [0.29, 0.717) is 24.2 Å². The number of anilines is 2. The number of nitriles is 1. The van der Waals surface area contributed by atoms with Gasteiger partial charge in [-0.25, -0.2) is 16.8 Å². The van der Waals surface area contributed by atoms with Crippen LogP contribution >= 0.6 is 0 Å². The summed E-state index contributed by atoms with van der Waals surface area (Å²) in [5, 5.41) is 21.3. The molecule has 0 spiro atoms. The van der Waals surface area contributed by atoms with Crippen molar-refractivity contribution in [3.8, 4) is 11.8 Å². The summed E-state index contributed by atoms with van der Waals surface area (Å²) in [5.41, 5.74) is 0.563. The average Bonchev–Trinajstić information content (AvgIpc) is 3.08. The molecule has 1 heterocycles. The van der Waals surface area contributed by atoms with Gasteiger partial charge in [-0.05, 0) is 48.9 Å². The Morgan fingerprint density at radius 1 is 1.26 bits per heavy atom. The van der Waals surface area contributed by atoms with Gasteiger partial charge < -0.3 is 10.4 Å². The summed E-state index contributed by atoms with van der Waals surface area (Å²) >= 11 is 0. The van der Waals surface area contributed by atoms with Crippen molar-refractivity contribution in [1.29, 1.82) is 5.26 Å². The number of hydrogen-bond acceptors (Lipinski definition) is 7. The Hall–Kier alpha value is -3.14. The van der Waals surface area contributed by atoms with Crippen LogP contribution in [0.3, 0.4) is 0 Å². The van der Waals surface area contributed by atoms with E-state index in [4.69, 9.17) is 5.26 Å². The number of hydrogen-bond donors (Lipinski definition) is 2. The van der Waals surface area contributed by atoms with Gasteiger partial charge in [0.25, 0.3) is 0 Å². The zero-order valence-electron chi connectivity index (χ0n) is 16.5. The second-order valence-corrected chi connectivity index (χ2v) is 10.9. The van der Waals surface area contributed by atoms with Gasteiger partial charge in [0.2, 0.25) is 26.0 Å². The lowest BCUT2D eigenvalue weighted by Crippen LogP contribution is -2.35. The normalized spacial score (nSPS) is 15.6. The first-order valence-corrected chi connectivity index (χ1v) is 12.2. The van der Waals surface area contributed by atoms with Crippen LogP contribution in [0.2, 0.25) is 0 Å². The Balaban J connectivity index is 1.74. The minimum absolute atomic E-state index is 0.0214. The van der Waals surface area contributed by atoms with E-state index in [1.807, 2.05) is 6.07 Å². The highest BCUT2D eigenvalue weighted by Crippen LogP contribution is 2.32. The van der Waals surface area contributed by atoms with E-state index in [0.717, 1.165) is 4.31 Å². The zero-order valence-corrected chi connectivity index (χ0v) is 18.1. The number of phenolic OH excluding ortho intramolecular Hbond substituents is 1. The van der Waals surface area contributed by atoms with Gasteiger partial charge in [-0.1, -0.05) is 0 Å². The Morgan fingerprint density at radius 2 is 1.94 bits per heavy atom. The number of carbonyl (C=O) groups is 1. The fourth-order valence-electron chi connectivity index (χ4n) is 3.07. The van der Waals surface area contributed by atoms with Crippen LogP contribution in [0.15, 0.2) is 47.4 Å². The van der Waals surface area contributed by atoms with E-state index in [9.17, 15) is 26.7 Å². The summed E-state index contributed by atoms with van der Waals surface area (Å²) in [6.45, 7) is -0.250. The molecular weight excluding hydrogens is 444 g/mol. The molecule has 1 amide bonds. The highest BCUT2D eigenvalue weighted by atomic mass is 32.2.